The van der Waals surface area contributed by atoms with Crippen molar-refractivity contribution in [1.82, 2.24) is 0 Å². The van der Waals surface area contributed by atoms with Gasteiger partial charge in [0.1, 0.15) is 0 Å². The second kappa shape index (κ2) is 9.65. The summed E-state index contributed by atoms with van der Waals surface area (Å²) in [5.74, 6) is 1.06. The molecule has 1 aliphatic rings. The summed E-state index contributed by atoms with van der Waals surface area (Å²) in [6.07, 6.45) is 9.92. The Balaban J connectivity index is 0.000000550. The lowest BCUT2D eigenvalue weighted by Crippen LogP contribution is -1.80. The Hall–Kier alpha value is -1.25. The summed E-state index contributed by atoms with van der Waals surface area (Å²) in [5.41, 5.74) is 2.72. The van der Waals surface area contributed by atoms with E-state index in [0.717, 1.165) is 12.2 Å². The van der Waals surface area contributed by atoms with Crippen LogP contribution in [0.25, 0.3) is 0 Å². The Bertz CT molecular complexity index is 444. The molecule has 2 heteroatoms. The number of hydrogen-bond donors (Lipinski definition) is 1. The predicted octanol–water partition coefficient (Wildman–Crippen LogP) is 4.71. The van der Waals surface area contributed by atoms with Gasteiger partial charge in [-0.05, 0) is 30.7 Å². The van der Waals surface area contributed by atoms with E-state index in [4.69, 9.17) is 5.11 Å². The van der Waals surface area contributed by atoms with Gasteiger partial charge in [0.15, 0.2) is 0 Å². The van der Waals surface area contributed by atoms with Gasteiger partial charge in [-0.2, -0.15) is 0 Å². The zero-order chi connectivity index (χ0) is 13.9. The average molecular weight is 274 g/mol. The van der Waals surface area contributed by atoms with Crippen molar-refractivity contribution in [3.05, 3.63) is 70.7 Å². The van der Waals surface area contributed by atoms with Crippen molar-refractivity contribution >= 4 is 11.8 Å². The van der Waals surface area contributed by atoms with E-state index in [-0.39, 0.29) is 6.61 Å². The van der Waals surface area contributed by atoms with Crippen LogP contribution < -0.4 is 0 Å². The summed E-state index contributed by atoms with van der Waals surface area (Å²) in [6, 6.07) is 10.6. The molecule has 1 N–H and O–H groups in total. The highest BCUT2D eigenvalue weighted by atomic mass is 32.2. The van der Waals surface area contributed by atoms with Crippen LogP contribution >= 0.6 is 11.8 Å². The first kappa shape index (κ1) is 15.8. The Morgan fingerprint density at radius 2 is 1.84 bits per heavy atom. The lowest BCUT2D eigenvalue weighted by atomic mass is 10.2. The molecule has 1 aliphatic carbocycles. The SMILES string of the molecule is CC1=CC=C(SCc2ccccc2)CC=C1.CCO. The molecule has 0 atom stereocenters. The summed E-state index contributed by atoms with van der Waals surface area (Å²) in [4.78, 5) is 1.44. The molecule has 0 bridgehead atoms. The molecule has 0 heterocycles. The molecule has 1 nitrogen and oxygen atoms in total. The van der Waals surface area contributed by atoms with Gasteiger partial charge in [0.2, 0.25) is 0 Å². The molecule has 0 aliphatic heterocycles. The van der Waals surface area contributed by atoms with Gasteiger partial charge < -0.3 is 5.11 Å². The number of thioether (sulfide) groups is 1. The fourth-order valence-corrected chi connectivity index (χ4v) is 2.49. The van der Waals surface area contributed by atoms with Gasteiger partial charge in [-0.1, -0.05) is 60.2 Å². The Labute approximate surface area is 120 Å². The van der Waals surface area contributed by atoms with Gasteiger partial charge in [-0.3, -0.25) is 0 Å². The van der Waals surface area contributed by atoms with Crippen molar-refractivity contribution in [3.8, 4) is 0 Å². The number of rotatable bonds is 3. The maximum Gasteiger partial charge on any atom is 0.0402 e. The Kier molecular flexibility index (Phi) is 8.03. The van der Waals surface area contributed by atoms with Crippen LogP contribution in [0.5, 0.6) is 0 Å². The van der Waals surface area contributed by atoms with E-state index < -0.39 is 0 Å². The molecule has 0 amide bonds. The first-order chi connectivity index (χ1) is 9.26. The Morgan fingerprint density at radius 1 is 1.16 bits per heavy atom. The molecule has 1 aromatic carbocycles. The minimum atomic E-state index is 0.250. The molecule has 0 unspecified atom stereocenters. The zero-order valence-corrected chi connectivity index (χ0v) is 12.5. The highest BCUT2D eigenvalue weighted by Gasteiger charge is 1.99. The average Bonchev–Trinajstić information content (AvgIpc) is 2.63. The van der Waals surface area contributed by atoms with Crippen LogP contribution in [0.15, 0.2) is 65.1 Å². The molecule has 0 spiro atoms. The minimum absolute atomic E-state index is 0.250. The smallest absolute Gasteiger partial charge is 0.0402 e. The minimum Gasteiger partial charge on any atom is -0.397 e. The summed E-state index contributed by atoms with van der Waals surface area (Å²) >= 11 is 1.93. The monoisotopic (exact) mass is 274 g/mol. The van der Waals surface area contributed by atoms with Crippen LogP contribution in [0.2, 0.25) is 0 Å². The van der Waals surface area contributed by atoms with Crippen molar-refractivity contribution in [2.75, 3.05) is 6.61 Å². The van der Waals surface area contributed by atoms with Crippen LogP contribution in [-0.4, -0.2) is 11.7 Å². The number of aliphatic hydroxyl groups excluding tert-OH is 1. The number of aliphatic hydroxyl groups is 1. The van der Waals surface area contributed by atoms with Crippen molar-refractivity contribution in [2.45, 2.75) is 26.0 Å². The maximum absolute atomic E-state index is 7.57. The molecule has 0 aromatic heterocycles. The molecule has 0 radical (unpaired) electrons. The lowest BCUT2D eigenvalue weighted by molar-refractivity contribution is 0.318. The van der Waals surface area contributed by atoms with E-state index in [1.165, 1.54) is 16.0 Å². The molecule has 0 fully saturated rings. The normalized spacial score (nSPS) is 13.8. The first-order valence-electron chi connectivity index (χ1n) is 6.57. The third kappa shape index (κ3) is 7.04. The maximum atomic E-state index is 7.57. The second-order valence-electron chi connectivity index (χ2n) is 4.24. The van der Waals surface area contributed by atoms with Gasteiger partial charge in [0.25, 0.3) is 0 Å². The van der Waals surface area contributed by atoms with E-state index in [0.29, 0.717) is 0 Å². The van der Waals surface area contributed by atoms with Crippen LogP contribution in [-0.2, 0) is 5.75 Å². The molecule has 2 rings (SSSR count). The molecular weight excluding hydrogens is 252 g/mol. The number of hydrogen-bond acceptors (Lipinski definition) is 2. The Morgan fingerprint density at radius 3 is 2.53 bits per heavy atom. The zero-order valence-electron chi connectivity index (χ0n) is 11.7. The topological polar surface area (TPSA) is 20.2 Å². The van der Waals surface area contributed by atoms with E-state index in [1.807, 2.05) is 11.8 Å². The fourth-order valence-electron chi connectivity index (χ4n) is 1.57. The van der Waals surface area contributed by atoms with Crippen molar-refractivity contribution in [2.24, 2.45) is 0 Å². The molecule has 0 saturated carbocycles. The molecule has 1 aromatic rings. The van der Waals surface area contributed by atoms with Gasteiger partial charge in [0, 0.05) is 12.4 Å². The van der Waals surface area contributed by atoms with E-state index in [2.05, 4.69) is 61.6 Å². The molecule has 0 saturated heterocycles. The highest BCUT2D eigenvalue weighted by Crippen LogP contribution is 2.26. The largest absolute Gasteiger partial charge is 0.397 e. The van der Waals surface area contributed by atoms with Crippen LogP contribution in [0.3, 0.4) is 0 Å². The van der Waals surface area contributed by atoms with Crippen molar-refractivity contribution in [1.29, 1.82) is 0 Å². The highest BCUT2D eigenvalue weighted by molar-refractivity contribution is 8.02. The molecular formula is C17H22OS. The van der Waals surface area contributed by atoms with Gasteiger partial charge >= 0.3 is 0 Å². The second-order valence-corrected chi connectivity index (χ2v) is 5.34. The molecule has 102 valence electrons. The summed E-state index contributed by atoms with van der Waals surface area (Å²) < 4.78 is 0. The quantitative estimate of drug-likeness (QED) is 0.861. The van der Waals surface area contributed by atoms with E-state index in [9.17, 15) is 0 Å². The van der Waals surface area contributed by atoms with Crippen LogP contribution in [0.4, 0.5) is 0 Å². The van der Waals surface area contributed by atoms with E-state index >= 15 is 0 Å². The van der Waals surface area contributed by atoms with Gasteiger partial charge in [0.05, 0.1) is 0 Å². The van der Waals surface area contributed by atoms with Crippen molar-refractivity contribution < 1.29 is 5.11 Å². The third-order valence-corrected chi connectivity index (χ3v) is 3.65. The molecule has 19 heavy (non-hydrogen) atoms. The standard InChI is InChI=1S/C15H16S.C2H6O/c1-13-6-5-9-15(11-10-13)16-12-14-7-3-2-4-8-14;1-2-3/h2-8,10-11H,9,12H2,1H3;3H,2H2,1H3. The van der Waals surface area contributed by atoms with Crippen molar-refractivity contribution in [3.63, 3.8) is 0 Å². The number of benzene rings is 1. The lowest BCUT2D eigenvalue weighted by Gasteiger charge is -2.03. The predicted molar refractivity (Wildman–Crippen MR) is 86.1 cm³/mol. The van der Waals surface area contributed by atoms with Crippen LogP contribution in [0.1, 0.15) is 25.8 Å². The van der Waals surface area contributed by atoms with Crippen LogP contribution in [0, 0.1) is 0 Å². The first-order valence-corrected chi connectivity index (χ1v) is 7.56. The fraction of sp³-hybridized carbons (Fsp3) is 0.294. The third-order valence-electron chi connectivity index (χ3n) is 2.50. The summed E-state index contributed by atoms with van der Waals surface area (Å²) in [5, 5.41) is 7.57. The summed E-state index contributed by atoms with van der Waals surface area (Å²) in [6.45, 7) is 4.07. The van der Waals surface area contributed by atoms with Gasteiger partial charge in [-0.25, -0.2) is 0 Å². The summed E-state index contributed by atoms with van der Waals surface area (Å²) in [7, 11) is 0. The van der Waals surface area contributed by atoms with Gasteiger partial charge in [-0.15, -0.1) is 11.8 Å². The number of allylic oxidation sites excluding steroid dienone is 6. The van der Waals surface area contributed by atoms with E-state index in [1.54, 1.807) is 6.92 Å².